The van der Waals surface area contributed by atoms with E-state index in [1.807, 2.05) is 62.4 Å². The van der Waals surface area contributed by atoms with Gasteiger partial charge < -0.3 is 4.74 Å². The molecule has 0 atom stereocenters. The Balaban J connectivity index is 1.78. The second-order valence-corrected chi connectivity index (χ2v) is 4.59. The number of benzene rings is 2. The summed E-state index contributed by atoms with van der Waals surface area (Å²) < 4.78 is 5.39. The molecule has 0 fully saturated rings. The zero-order chi connectivity index (χ0) is 14.4. The van der Waals surface area contributed by atoms with E-state index in [1.54, 1.807) is 0 Å². The summed E-state index contributed by atoms with van der Waals surface area (Å²) in [6.07, 6.45) is 0. The highest BCUT2D eigenvalue weighted by molar-refractivity contribution is 5.79. The van der Waals surface area contributed by atoms with Gasteiger partial charge in [-0.25, -0.2) is 0 Å². The fraction of sp³-hybridized carbons (Fsp3) is 0.188. The Bertz CT molecular complexity index is 579. The van der Waals surface area contributed by atoms with Gasteiger partial charge in [-0.3, -0.25) is 15.6 Å². The van der Waals surface area contributed by atoms with Crippen molar-refractivity contribution in [2.45, 2.75) is 13.8 Å². The molecule has 2 N–H and O–H groups in total. The van der Waals surface area contributed by atoms with Crippen molar-refractivity contribution in [1.82, 2.24) is 5.43 Å². The normalized spacial score (nSPS) is 9.90. The molecule has 0 heterocycles. The highest BCUT2D eigenvalue weighted by atomic mass is 16.5. The number of carbonyl (C=O) groups is 1. The predicted octanol–water partition coefficient (Wildman–Crippen LogP) is 2.83. The first-order chi connectivity index (χ1) is 9.65. The van der Waals surface area contributed by atoms with Gasteiger partial charge in [-0.15, -0.1) is 0 Å². The van der Waals surface area contributed by atoms with Crippen molar-refractivity contribution in [3.8, 4) is 5.75 Å². The molecule has 0 aliphatic carbocycles. The largest absolute Gasteiger partial charge is 0.484 e. The molecule has 4 nitrogen and oxygen atoms in total. The minimum Gasteiger partial charge on any atom is -0.484 e. The van der Waals surface area contributed by atoms with Crippen molar-refractivity contribution in [3.63, 3.8) is 0 Å². The fourth-order valence-electron chi connectivity index (χ4n) is 1.67. The monoisotopic (exact) mass is 270 g/mol. The van der Waals surface area contributed by atoms with Crippen LogP contribution >= 0.6 is 0 Å². The summed E-state index contributed by atoms with van der Waals surface area (Å²) in [5, 5.41) is 0. The summed E-state index contributed by atoms with van der Waals surface area (Å²) in [6.45, 7) is 3.95. The first kappa shape index (κ1) is 13.9. The summed E-state index contributed by atoms with van der Waals surface area (Å²) in [6, 6.07) is 15.3. The van der Waals surface area contributed by atoms with Gasteiger partial charge in [0.2, 0.25) is 0 Å². The van der Waals surface area contributed by atoms with E-state index in [1.165, 1.54) is 0 Å². The molecule has 0 bridgehead atoms. The van der Waals surface area contributed by atoms with Crippen LogP contribution in [0.25, 0.3) is 0 Å². The van der Waals surface area contributed by atoms with Gasteiger partial charge in [0.05, 0.1) is 5.69 Å². The summed E-state index contributed by atoms with van der Waals surface area (Å²) >= 11 is 0. The van der Waals surface area contributed by atoms with E-state index in [-0.39, 0.29) is 12.5 Å². The highest BCUT2D eigenvalue weighted by Crippen LogP contribution is 2.12. The van der Waals surface area contributed by atoms with Crippen LogP contribution in [0.15, 0.2) is 48.5 Å². The molecule has 2 aromatic carbocycles. The highest BCUT2D eigenvalue weighted by Gasteiger charge is 2.03. The number of hydrogen-bond acceptors (Lipinski definition) is 3. The lowest BCUT2D eigenvalue weighted by Gasteiger charge is -2.11. The van der Waals surface area contributed by atoms with Crippen LogP contribution < -0.4 is 15.6 Å². The number of para-hydroxylation sites is 1. The number of nitrogens with one attached hydrogen (secondary N) is 2. The van der Waals surface area contributed by atoms with Gasteiger partial charge in [-0.1, -0.05) is 35.9 Å². The topological polar surface area (TPSA) is 50.4 Å². The molecular formula is C16H18N2O2. The fourth-order valence-corrected chi connectivity index (χ4v) is 1.67. The average molecular weight is 270 g/mol. The molecule has 2 aromatic rings. The molecule has 0 radical (unpaired) electrons. The molecule has 1 amide bonds. The molecule has 2 rings (SSSR count). The SMILES string of the molecule is Cc1ccc(OCC(=O)NNc2ccccc2C)cc1. The Hall–Kier alpha value is -2.49. The van der Waals surface area contributed by atoms with Crippen LogP contribution in [0, 0.1) is 13.8 Å². The van der Waals surface area contributed by atoms with Crippen molar-refractivity contribution in [2.24, 2.45) is 0 Å². The third-order valence-electron chi connectivity index (χ3n) is 2.87. The summed E-state index contributed by atoms with van der Waals surface area (Å²) in [5.41, 5.74) is 8.58. The maximum atomic E-state index is 11.7. The van der Waals surface area contributed by atoms with Gasteiger partial charge in [0.25, 0.3) is 5.91 Å². The van der Waals surface area contributed by atoms with Crippen LogP contribution in [-0.4, -0.2) is 12.5 Å². The number of carbonyl (C=O) groups excluding carboxylic acids is 1. The maximum Gasteiger partial charge on any atom is 0.276 e. The lowest BCUT2D eigenvalue weighted by atomic mass is 10.2. The molecule has 104 valence electrons. The van der Waals surface area contributed by atoms with E-state index in [9.17, 15) is 4.79 Å². The Morgan fingerprint density at radius 1 is 1.05 bits per heavy atom. The van der Waals surface area contributed by atoms with Crippen molar-refractivity contribution >= 4 is 11.6 Å². The zero-order valence-corrected chi connectivity index (χ0v) is 11.6. The Kier molecular flexibility index (Phi) is 4.60. The van der Waals surface area contributed by atoms with Gasteiger partial charge in [0.1, 0.15) is 5.75 Å². The second kappa shape index (κ2) is 6.61. The summed E-state index contributed by atoms with van der Waals surface area (Å²) in [7, 11) is 0. The van der Waals surface area contributed by atoms with Crippen LogP contribution in [0.5, 0.6) is 5.75 Å². The molecule has 0 aliphatic rings. The first-order valence-electron chi connectivity index (χ1n) is 6.45. The van der Waals surface area contributed by atoms with E-state index < -0.39 is 0 Å². The number of amides is 1. The third-order valence-corrected chi connectivity index (χ3v) is 2.87. The summed E-state index contributed by atoms with van der Waals surface area (Å²) in [4.78, 5) is 11.7. The summed E-state index contributed by atoms with van der Waals surface area (Å²) in [5.74, 6) is 0.454. The Morgan fingerprint density at radius 3 is 2.45 bits per heavy atom. The van der Waals surface area contributed by atoms with E-state index in [0.717, 1.165) is 16.8 Å². The molecule has 4 heteroatoms. The maximum absolute atomic E-state index is 11.7. The third kappa shape index (κ3) is 4.02. The second-order valence-electron chi connectivity index (χ2n) is 4.59. The Labute approximate surface area is 118 Å². The van der Waals surface area contributed by atoms with E-state index in [0.29, 0.717) is 5.75 Å². The molecule has 0 spiro atoms. The van der Waals surface area contributed by atoms with Crippen LogP contribution in [0.2, 0.25) is 0 Å². The van der Waals surface area contributed by atoms with Crippen molar-refractivity contribution in [1.29, 1.82) is 0 Å². The quantitative estimate of drug-likeness (QED) is 0.821. The molecule has 0 aliphatic heterocycles. The molecule has 20 heavy (non-hydrogen) atoms. The minimum atomic E-state index is -0.228. The van der Waals surface area contributed by atoms with Crippen LogP contribution in [0.1, 0.15) is 11.1 Å². The number of rotatable bonds is 5. The average Bonchev–Trinajstić information content (AvgIpc) is 2.46. The van der Waals surface area contributed by atoms with Crippen molar-refractivity contribution in [3.05, 3.63) is 59.7 Å². The number of anilines is 1. The van der Waals surface area contributed by atoms with Crippen molar-refractivity contribution in [2.75, 3.05) is 12.0 Å². The number of aryl methyl sites for hydroxylation is 2. The van der Waals surface area contributed by atoms with Crippen molar-refractivity contribution < 1.29 is 9.53 Å². The van der Waals surface area contributed by atoms with Gasteiger partial charge in [-0.2, -0.15) is 0 Å². The van der Waals surface area contributed by atoms with Crippen LogP contribution in [0.3, 0.4) is 0 Å². The molecule has 0 aromatic heterocycles. The van der Waals surface area contributed by atoms with Gasteiger partial charge in [-0.05, 0) is 37.6 Å². The van der Waals surface area contributed by atoms with E-state index in [4.69, 9.17) is 4.74 Å². The first-order valence-corrected chi connectivity index (χ1v) is 6.45. The van der Waals surface area contributed by atoms with Gasteiger partial charge >= 0.3 is 0 Å². The molecule has 0 unspecified atom stereocenters. The van der Waals surface area contributed by atoms with Gasteiger partial charge in [0.15, 0.2) is 6.61 Å². The predicted molar refractivity (Wildman–Crippen MR) is 79.6 cm³/mol. The van der Waals surface area contributed by atoms with E-state index in [2.05, 4.69) is 10.9 Å². The standard InChI is InChI=1S/C16H18N2O2/c1-12-7-9-14(10-8-12)20-11-16(19)18-17-15-6-4-3-5-13(15)2/h3-10,17H,11H2,1-2H3,(H,18,19). The smallest absolute Gasteiger partial charge is 0.276 e. The number of hydrogen-bond donors (Lipinski definition) is 2. The Morgan fingerprint density at radius 2 is 1.75 bits per heavy atom. The molecule has 0 saturated heterocycles. The van der Waals surface area contributed by atoms with Crippen LogP contribution in [-0.2, 0) is 4.79 Å². The van der Waals surface area contributed by atoms with Gasteiger partial charge in [0, 0.05) is 0 Å². The lowest BCUT2D eigenvalue weighted by Crippen LogP contribution is -2.33. The van der Waals surface area contributed by atoms with Crippen LogP contribution in [0.4, 0.5) is 5.69 Å². The number of hydrazine groups is 1. The zero-order valence-electron chi connectivity index (χ0n) is 11.6. The molecular weight excluding hydrogens is 252 g/mol. The minimum absolute atomic E-state index is 0.0259. The lowest BCUT2D eigenvalue weighted by molar-refractivity contribution is -0.122. The molecule has 0 saturated carbocycles. The van der Waals surface area contributed by atoms with E-state index >= 15 is 0 Å². The number of ether oxygens (including phenoxy) is 1.